The first-order valence-corrected chi connectivity index (χ1v) is 11.9. The zero-order valence-electron chi connectivity index (χ0n) is 18.0. The van der Waals surface area contributed by atoms with Crippen molar-refractivity contribution in [1.82, 2.24) is 9.55 Å². The first-order chi connectivity index (χ1) is 12.9. The van der Waals surface area contributed by atoms with Crippen LogP contribution in [-0.4, -0.2) is 9.55 Å². The van der Waals surface area contributed by atoms with E-state index in [9.17, 15) is 0 Å². The molecule has 0 aliphatic heterocycles. The molecular formula is C24H46N2. The number of nitrogens with zero attached hydrogens (tertiary/aromatic N) is 2. The number of aryl methyl sites for hydroxylation is 2. The largest absolute Gasteiger partial charge is 0.335 e. The van der Waals surface area contributed by atoms with Crippen LogP contribution in [0.5, 0.6) is 0 Å². The number of hydrogen-bond donors (Lipinski definition) is 0. The predicted octanol–water partition coefficient (Wildman–Crippen LogP) is 8.10. The minimum atomic E-state index is 1.14. The number of rotatable bonds is 19. The van der Waals surface area contributed by atoms with Gasteiger partial charge in [-0.05, 0) is 12.8 Å². The summed E-state index contributed by atoms with van der Waals surface area (Å²) in [5.74, 6) is 1.29. The van der Waals surface area contributed by atoms with Gasteiger partial charge in [-0.15, -0.1) is 0 Å². The molecule has 0 saturated carbocycles. The highest BCUT2D eigenvalue weighted by atomic mass is 15.1. The standard InChI is InChI=1S/C24H46N2/c1-3-5-7-8-9-10-11-12-13-14-15-16-17-18-19-22-26-23-21-25-24(26)20-6-4-2/h21,23H,3-20,22H2,1-2H3. The minimum Gasteiger partial charge on any atom is -0.335 e. The predicted molar refractivity (Wildman–Crippen MR) is 116 cm³/mol. The molecule has 0 amide bonds. The quantitative estimate of drug-likeness (QED) is 0.227. The summed E-state index contributed by atoms with van der Waals surface area (Å²) >= 11 is 0. The average Bonchev–Trinajstić information content (AvgIpc) is 3.10. The van der Waals surface area contributed by atoms with Gasteiger partial charge in [0.1, 0.15) is 5.82 Å². The van der Waals surface area contributed by atoms with Gasteiger partial charge in [0.2, 0.25) is 0 Å². The van der Waals surface area contributed by atoms with Gasteiger partial charge in [0.05, 0.1) is 0 Å². The Bertz CT molecular complexity index is 397. The molecule has 26 heavy (non-hydrogen) atoms. The normalized spacial score (nSPS) is 11.3. The van der Waals surface area contributed by atoms with Crippen LogP contribution in [0.2, 0.25) is 0 Å². The average molecular weight is 363 g/mol. The van der Waals surface area contributed by atoms with Crippen LogP contribution in [0.3, 0.4) is 0 Å². The van der Waals surface area contributed by atoms with Crippen molar-refractivity contribution in [2.24, 2.45) is 0 Å². The SMILES string of the molecule is CCCCCCCCCCCCCCCCCn1ccnc1CCCC. The molecule has 1 aromatic rings. The molecule has 0 fully saturated rings. The zero-order chi connectivity index (χ0) is 18.7. The van der Waals surface area contributed by atoms with E-state index in [1.165, 1.54) is 115 Å². The summed E-state index contributed by atoms with van der Waals surface area (Å²) < 4.78 is 2.37. The van der Waals surface area contributed by atoms with E-state index in [1.807, 2.05) is 6.20 Å². The van der Waals surface area contributed by atoms with Crippen molar-refractivity contribution >= 4 is 0 Å². The molecule has 2 heteroatoms. The van der Waals surface area contributed by atoms with E-state index in [0.29, 0.717) is 0 Å². The summed E-state index contributed by atoms with van der Waals surface area (Å²) in [6.07, 6.45) is 29.3. The smallest absolute Gasteiger partial charge is 0.108 e. The summed E-state index contributed by atoms with van der Waals surface area (Å²) in [6, 6.07) is 0. The molecule has 0 aliphatic rings. The van der Waals surface area contributed by atoms with E-state index in [2.05, 4.69) is 29.6 Å². The Morgan fingerprint density at radius 2 is 1.08 bits per heavy atom. The Balaban J connectivity index is 1.82. The molecule has 0 aliphatic carbocycles. The van der Waals surface area contributed by atoms with Crippen LogP contribution in [-0.2, 0) is 13.0 Å². The lowest BCUT2D eigenvalue weighted by Gasteiger charge is -2.07. The minimum absolute atomic E-state index is 1.14. The van der Waals surface area contributed by atoms with Crippen molar-refractivity contribution in [3.05, 3.63) is 18.2 Å². The molecule has 152 valence electrons. The lowest BCUT2D eigenvalue weighted by molar-refractivity contribution is 0.517. The van der Waals surface area contributed by atoms with E-state index in [1.54, 1.807) is 0 Å². The van der Waals surface area contributed by atoms with Crippen LogP contribution in [0.15, 0.2) is 12.4 Å². The first-order valence-electron chi connectivity index (χ1n) is 11.9. The van der Waals surface area contributed by atoms with E-state index < -0.39 is 0 Å². The zero-order valence-corrected chi connectivity index (χ0v) is 18.0. The maximum Gasteiger partial charge on any atom is 0.108 e. The molecule has 0 aromatic carbocycles. The molecule has 2 nitrogen and oxygen atoms in total. The molecule has 1 heterocycles. The van der Waals surface area contributed by atoms with Gasteiger partial charge >= 0.3 is 0 Å². The lowest BCUT2D eigenvalue weighted by Crippen LogP contribution is -2.03. The molecule has 0 bridgehead atoms. The molecule has 0 spiro atoms. The summed E-state index contributed by atoms with van der Waals surface area (Å²) in [7, 11) is 0. The van der Waals surface area contributed by atoms with Gasteiger partial charge in [0.25, 0.3) is 0 Å². The van der Waals surface area contributed by atoms with E-state index >= 15 is 0 Å². The Kier molecular flexibility index (Phi) is 15.8. The number of aromatic nitrogens is 2. The fraction of sp³-hybridized carbons (Fsp3) is 0.875. The third-order valence-corrected chi connectivity index (χ3v) is 5.56. The van der Waals surface area contributed by atoms with Crippen LogP contribution >= 0.6 is 0 Å². The van der Waals surface area contributed by atoms with E-state index in [-0.39, 0.29) is 0 Å². The Labute approximate surface area is 164 Å². The highest BCUT2D eigenvalue weighted by Crippen LogP contribution is 2.14. The Morgan fingerprint density at radius 3 is 1.58 bits per heavy atom. The second kappa shape index (κ2) is 17.6. The number of unbranched alkanes of at least 4 members (excludes halogenated alkanes) is 15. The molecule has 0 atom stereocenters. The van der Waals surface area contributed by atoms with Crippen LogP contribution in [0.25, 0.3) is 0 Å². The van der Waals surface area contributed by atoms with Crippen LogP contribution in [0.1, 0.15) is 129 Å². The van der Waals surface area contributed by atoms with Gasteiger partial charge in [0, 0.05) is 25.4 Å². The third-order valence-electron chi connectivity index (χ3n) is 5.56. The van der Waals surface area contributed by atoms with Gasteiger partial charge in [-0.1, -0.05) is 110 Å². The molecule has 0 radical (unpaired) electrons. The fourth-order valence-electron chi connectivity index (χ4n) is 3.76. The lowest BCUT2D eigenvalue weighted by atomic mass is 10.0. The van der Waals surface area contributed by atoms with Crippen LogP contribution < -0.4 is 0 Å². The second-order valence-electron chi connectivity index (χ2n) is 8.09. The summed E-state index contributed by atoms with van der Waals surface area (Å²) in [6.45, 7) is 5.71. The summed E-state index contributed by atoms with van der Waals surface area (Å²) in [4.78, 5) is 4.51. The van der Waals surface area contributed by atoms with E-state index in [0.717, 1.165) is 13.0 Å². The first kappa shape index (κ1) is 23.2. The van der Waals surface area contributed by atoms with Gasteiger partial charge in [-0.25, -0.2) is 4.98 Å². The number of imidazole rings is 1. The Morgan fingerprint density at radius 1 is 0.615 bits per heavy atom. The molecule has 1 rings (SSSR count). The van der Waals surface area contributed by atoms with Gasteiger partial charge in [-0.3, -0.25) is 0 Å². The van der Waals surface area contributed by atoms with Crippen LogP contribution in [0.4, 0.5) is 0 Å². The number of hydrogen-bond acceptors (Lipinski definition) is 1. The van der Waals surface area contributed by atoms with Crippen molar-refractivity contribution in [1.29, 1.82) is 0 Å². The molecule has 0 unspecified atom stereocenters. The topological polar surface area (TPSA) is 17.8 Å². The third kappa shape index (κ3) is 12.5. The van der Waals surface area contributed by atoms with Gasteiger partial charge in [0.15, 0.2) is 0 Å². The summed E-state index contributed by atoms with van der Waals surface area (Å²) in [5.41, 5.74) is 0. The van der Waals surface area contributed by atoms with Gasteiger partial charge < -0.3 is 4.57 Å². The molecule has 1 aromatic heterocycles. The molecule has 0 saturated heterocycles. The summed E-state index contributed by atoms with van der Waals surface area (Å²) in [5, 5.41) is 0. The maximum atomic E-state index is 4.51. The fourth-order valence-corrected chi connectivity index (χ4v) is 3.76. The van der Waals surface area contributed by atoms with Crippen molar-refractivity contribution in [2.75, 3.05) is 0 Å². The maximum absolute atomic E-state index is 4.51. The van der Waals surface area contributed by atoms with E-state index in [4.69, 9.17) is 0 Å². The second-order valence-corrected chi connectivity index (χ2v) is 8.09. The molecular weight excluding hydrogens is 316 g/mol. The van der Waals surface area contributed by atoms with Crippen LogP contribution in [0, 0.1) is 0 Å². The van der Waals surface area contributed by atoms with Gasteiger partial charge in [-0.2, -0.15) is 0 Å². The monoisotopic (exact) mass is 362 g/mol. The van der Waals surface area contributed by atoms with Crippen molar-refractivity contribution < 1.29 is 0 Å². The van der Waals surface area contributed by atoms with Crippen molar-refractivity contribution in [3.63, 3.8) is 0 Å². The molecule has 0 N–H and O–H groups in total. The van der Waals surface area contributed by atoms with Crippen molar-refractivity contribution in [2.45, 2.75) is 136 Å². The highest BCUT2D eigenvalue weighted by Gasteiger charge is 2.01. The van der Waals surface area contributed by atoms with Crippen molar-refractivity contribution in [3.8, 4) is 0 Å². The highest BCUT2D eigenvalue weighted by molar-refractivity contribution is 4.92. The Hall–Kier alpha value is -0.790.